The third kappa shape index (κ3) is 4.08. The number of rotatable bonds is 6. The fraction of sp³-hybridized carbons (Fsp3) is 0.200. The Morgan fingerprint density at radius 2 is 0.914 bits per heavy atom. The summed E-state index contributed by atoms with van der Waals surface area (Å²) >= 11 is 4.67. The van der Waals surface area contributed by atoms with Gasteiger partial charge in [-0.25, -0.2) is 0 Å². The molecule has 0 amide bonds. The van der Waals surface area contributed by atoms with Crippen LogP contribution in [0.4, 0.5) is 11.4 Å². The summed E-state index contributed by atoms with van der Waals surface area (Å²) in [6.45, 7) is 4.58. The molecule has 0 N–H and O–H groups in total. The van der Waals surface area contributed by atoms with Crippen LogP contribution in [0.3, 0.4) is 0 Å². The molecule has 4 aromatic carbocycles. The Balaban J connectivity index is 1.71. The first-order chi connectivity index (χ1) is 17.2. The second-order valence-electron chi connectivity index (χ2n) is 9.49. The summed E-state index contributed by atoms with van der Waals surface area (Å²) in [6.07, 6.45) is 2.55. The first-order valence-electron chi connectivity index (χ1n) is 12.4. The minimum absolute atomic E-state index is 1.14. The zero-order valence-electron chi connectivity index (χ0n) is 19.6. The van der Waals surface area contributed by atoms with Crippen molar-refractivity contribution in [2.45, 2.75) is 12.8 Å². The molecule has 0 unspecified atom stereocenters. The molecule has 2 nitrogen and oxygen atoms in total. The van der Waals surface area contributed by atoms with E-state index >= 15 is 0 Å². The van der Waals surface area contributed by atoms with Crippen molar-refractivity contribution in [2.24, 2.45) is 0 Å². The molecule has 0 saturated carbocycles. The Morgan fingerprint density at radius 1 is 0.514 bits per heavy atom. The van der Waals surface area contributed by atoms with Gasteiger partial charge in [0.25, 0.3) is 0 Å². The van der Waals surface area contributed by atoms with E-state index in [0.717, 1.165) is 26.2 Å². The van der Waals surface area contributed by atoms with Crippen molar-refractivity contribution in [2.75, 3.05) is 36.0 Å². The molecule has 0 radical (unpaired) electrons. The van der Waals surface area contributed by atoms with Gasteiger partial charge in [-0.2, -0.15) is 0 Å². The van der Waals surface area contributed by atoms with Gasteiger partial charge >= 0.3 is 229 Å². The second-order valence-corrected chi connectivity index (χ2v) is 19.0. The van der Waals surface area contributed by atoms with Crippen LogP contribution in [-0.2, 0) is 0 Å². The third-order valence-corrected chi connectivity index (χ3v) is 20.6. The van der Waals surface area contributed by atoms with Crippen molar-refractivity contribution < 1.29 is 0 Å². The topological polar surface area (TPSA) is 6.48 Å². The molecule has 35 heavy (non-hydrogen) atoms. The van der Waals surface area contributed by atoms with Gasteiger partial charge in [0, 0.05) is 0 Å². The average Bonchev–Trinajstić information content (AvgIpc) is 2.82. The van der Waals surface area contributed by atoms with E-state index in [-0.39, 0.29) is 0 Å². The standard InChI is InChI=1S/C30H28Br2GeN2/c31-27-15-13-25(34-17-7-18-34)21-29(27)33(23-9-3-1-4-10-23,24-11-5-2-6-12-24)30-22-26(14-16-28(30)32)35-19-8-20-35/h1-6,9-16,21-22H,7-8,17-20H2. The van der Waals surface area contributed by atoms with Crippen LogP contribution in [-0.4, -0.2) is 39.4 Å². The van der Waals surface area contributed by atoms with Crippen LogP contribution in [0.1, 0.15) is 12.8 Å². The van der Waals surface area contributed by atoms with Crippen LogP contribution in [0.2, 0.25) is 0 Å². The van der Waals surface area contributed by atoms with Crippen LogP contribution < -0.4 is 27.4 Å². The number of nitrogens with zero attached hydrogens (tertiary/aromatic N) is 2. The maximum atomic E-state index is 4.05. The van der Waals surface area contributed by atoms with E-state index in [0.29, 0.717) is 0 Å². The fourth-order valence-electron chi connectivity index (χ4n) is 5.45. The average molecular weight is 649 g/mol. The van der Waals surface area contributed by atoms with Crippen molar-refractivity contribution >= 4 is 74.1 Å². The zero-order valence-corrected chi connectivity index (χ0v) is 24.9. The van der Waals surface area contributed by atoms with Crippen LogP contribution in [0, 0.1) is 0 Å². The van der Waals surface area contributed by atoms with Gasteiger partial charge in [0.05, 0.1) is 0 Å². The molecular formula is C30H28Br2GeN2. The molecule has 4 aromatic rings. The van der Waals surface area contributed by atoms with E-state index in [1.54, 1.807) is 0 Å². The molecule has 0 aliphatic carbocycles. The van der Waals surface area contributed by atoms with Gasteiger partial charge in [-0.3, -0.25) is 0 Å². The summed E-state index contributed by atoms with van der Waals surface area (Å²) in [4.78, 5) is 5.01. The quantitative estimate of drug-likeness (QED) is 0.272. The van der Waals surface area contributed by atoms with Gasteiger partial charge in [-0.15, -0.1) is 0 Å². The van der Waals surface area contributed by atoms with Gasteiger partial charge in [0.15, 0.2) is 0 Å². The summed E-state index contributed by atoms with van der Waals surface area (Å²) in [7, 11) is 0. The van der Waals surface area contributed by atoms with Gasteiger partial charge in [0.1, 0.15) is 0 Å². The third-order valence-electron chi connectivity index (χ3n) is 7.56. The van der Waals surface area contributed by atoms with Gasteiger partial charge in [-0.1, -0.05) is 0 Å². The predicted molar refractivity (Wildman–Crippen MR) is 159 cm³/mol. The molecule has 0 bridgehead atoms. The number of anilines is 2. The molecule has 2 aliphatic rings. The van der Waals surface area contributed by atoms with Crippen LogP contribution in [0.5, 0.6) is 0 Å². The normalized spacial score (nSPS) is 15.5. The maximum absolute atomic E-state index is 4.05. The molecule has 0 aromatic heterocycles. The summed E-state index contributed by atoms with van der Waals surface area (Å²) in [5.74, 6) is 0. The molecular weight excluding hydrogens is 621 g/mol. The van der Waals surface area contributed by atoms with Crippen LogP contribution in [0.15, 0.2) is 106 Å². The molecule has 0 atom stereocenters. The van der Waals surface area contributed by atoms with E-state index < -0.39 is 13.3 Å². The first kappa shape index (κ1) is 23.4. The molecule has 6 rings (SSSR count). The zero-order chi connectivity index (χ0) is 23.8. The first-order valence-corrected chi connectivity index (χ1v) is 18.2. The number of benzene rings is 4. The Labute approximate surface area is 227 Å². The van der Waals surface area contributed by atoms with Crippen molar-refractivity contribution in [1.82, 2.24) is 0 Å². The summed E-state index contributed by atoms with van der Waals surface area (Å²) in [5.41, 5.74) is 2.68. The Bertz CT molecular complexity index is 1230. The second kappa shape index (κ2) is 9.80. The van der Waals surface area contributed by atoms with Crippen LogP contribution >= 0.6 is 31.9 Å². The minimum atomic E-state index is -3.43. The molecule has 176 valence electrons. The van der Waals surface area contributed by atoms with E-state index in [1.165, 1.54) is 50.7 Å². The molecule has 2 saturated heterocycles. The van der Waals surface area contributed by atoms with Crippen LogP contribution in [0.25, 0.3) is 0 Å². The van der Waals surface area contributed by atoms with E-state index in [1.807, 2.05) is 0 Å². The molecule has 2 aliphatic heterocycles. The molecule has 2 heterocycles. The molecule has 5 heteroatoms. The fourth-order valence-corrected chi connectivity index (χ4v) is 19.2. The van der Waals surface area contributed by atoms with E-state index in [4.69, 9.17) is 0 Å². The van der Waals surface area contributed by atoms with Gasteiger partial charge in [0.2, 0.25) is 0 Å². The number of hydrogen-bond donors (Lipinski definition) is 0. The molecule has 2 fully saturated rings. The summed E-state index contributed by atoms with van der Waals surface area (Å²) < 4.78 is 8.20. The Kier molecular flexibility index (Phi) is 6.55. The summed E-state index contributed by atoms with van der Waals surface area (Å²) in [6, 6.07) is 36.6. The monoisotopic (exact) mass is 648 g/mol. The van der Waals surface area contributed by atoms with Gasteiger partial charge in [-0.05, 0) is 0 Å². The van der Waals surface area contributed by atoms with E-state index in [2.05, 4.69) is 139 Å². The predicted octanol–water partition coefficient (Wildman–Crippen LogP) is 5.01. The van der Waals surface area contributed by atoms with Crippen molar-refractivity contribution in [3.8, 4) is 0 Å². The Hall–Kier alpha value is -2.02. The number of hydrogen-bond acceptors (Lipinski definition) is 2. The van der Waals surface area contributed by atoms with E-state index in [9.17, 15) is 0 Å². The van der Waals surface area contributed by atoms with Crippen molar-refractivity contribution in [3.63, 3.8) is 0 Å². The van der Waals surface area contributed by atoms with Crippen molar-refractivity contribution in [3.05, 3.63) is 106 Å². The van der Waals surface area contributed by atoms with Gasteiger partial charge < -0.3 is 0 Å². The Morgan fingerprint density at radius 3 is 1.26 bits per heavy atom. The number of halogens is 2. The summed E-state index contributed by atoms with van der Waals surface area (Å²) in [5, 5.41) is 0. The van der Waals surface area contributed by atoms with Crippen molar-refractivity contribution in [1.29, 1.82) is 0 Å². The SMILES string of the molecule is Brc1ccc(N2CCC2)c[c]1[Ge]([c]1ccccc1)([c]1ccccc1)[c]1cc(N2CCC2)ccc1Br. The molecule has 0 spiro atoms.